The molecule has 2 aromatic heterocycles. The lowest BCUT2D eigenvalue weighted by Crippen LogP contribution is -2.49. The second kappa shape index (κ2) is 4.51. The van der Waals surface area contributed by atoms with Crippen molar-refractivity contribution in [1.82, 2.24) is 25.5 Å². The first-order valence-corrected chi connectivity index (χ1v) is 7.68. The third-order valence-electron chi connectivity index (χ3n) is 3.99. The number of fused-ring (bicyclic) bond motifs is 1. The van der Waals surface area contributed by atoms with E-state index in [1.54, 1.807) is 11.1 Å². The van der Waals surface area contributed by atoms with Crippen molar-refractivity contribution in [3.63, 3.8) is 0 Å². The fourth-order valence-corrected chi connectivity index (χ4v) is 3.79. The predicted molar refractivity (Wildman–Crippen MR) is 81.1 cm³/mol. The Bertz CT molecular complexity index is 783. The van der Waals surface area contributed by atoms with Crippen LogP contribution in [-0.4, -0.2) is 45.3 Å². The Hall–Kier alpha value is -2.48. The number of amides is 2. The molecular weight excluding hydrogens is 302 g/mol. The van der Waals surface area contributed by atoms with Crippen molar-refractivity contribution in [2.75, 3.05) is 13.1 Å². The Balaban J connectivity index is 1.59. The van der Waals surface area contributed by atoms with E-state index in [1.807, 2.05) is 12.1 Å². The number of hydrogen-bond donors (Lipinski definition) is 2. The van der Waals surface area contributed by atoms with Crippen LogP contribution in [0.1, 0.15) is 16.2 Å². The molecule has 0 radical (unpaired) electrons. The number of thiazole rings is 1. The van der Waals surface area contributed by atoms with Crippen molar-refractivity contribution in [1.29, 1.82) is 0 Å². The van der Waals surface area contributed by atoms with Gasteiger partial charge in [-0.1, -0.05) is 6.58 Å². The van der Waals surface area contributed by atoms with Crippen molar-refractivity contribution in [3.05, 3.63) is 35.7 Å². The number of carbonyl (C=O) groups is 2. The van der Waals surface area contributed by atoms with Gasteiger partial charge in [0.2, 0.25) is 0 Å². The van der Waals surface area contributed by atoms with E-state index >= 15 is 0 Å². The Morgan fingerprint density at radius 2 is 2.36 bits per heavy atom. The summed E-state index contributed by atoms with van der Waals surface area (Å²) in [5.41, 5.74) is -0.170. The van der Waals surface area contributed by atoms with Gasteiger partial charge in [0.05, 0.1) is 17.1 Å². The maximum absolute atomic E-state index is 12.6. The smallest absolute Gasteiger partial charge is 0.283 e. The van der Waals surface area contributed by atoms with Gasteiger partial charge in [-0.2, -0.15) is 0 Å². The molecule has 4 rings (SSSR count). The highest BCUT2D eigenvalue weighted by molar-refractivity contribution is 7.20. The fourth-order valence-electron chi connectivity index (χ4n) is 2.90. The number of aromatic nitrogens is 2. The molecule has 0 aliphatic carbocycles. The lowest BCUT2D eigenvalue weighted by Gasteiger charge is -2.21. The number of rotatable bonds is 1. The molecule has 4 heterocycles. The molecule has 8 heteroatoms. The van der Waals surface area contributed by atoms with E-state index in [0.29, 0.717) is 36.0 Å². The normalized spacial score (nSPS) is 24.1. The molecule has 2 saturated heterocycles. The fraction of sp³-hybridized carbons (Fsp3) is 0.286. The van der Waals surface area contributed by atoms with E-state index in [1.165, 1.54) is 11.3 Å². The molecule has 1 unspecified atom stereocenters. The molecule has 0 aromatic carbocycles. The number of hydrogen-bond acceptors (Lipinski definition) is 6. The van der Waals surface area contributed by atoms with E-state index in [-0.39, 0.29) is 11.8 Å². The zero-order valence-corrected chi connectivity index (χ0v) is 12.4. The summed E-state index contributed by atoms with van der Waals surface area (Å²) in [5, 5.41) is 6.13. The van der Waals surface area contributed by atoms with Crippen LogP contribution in [0.25, 0.3) is 10.3 Å². The molecule has 22 heavy (non-hydrogen) atoms. The molecular formula is C14H13N5O2S. The van der Waals surface area contributed by atoms with Gasteiger partial charge in [-0.15, -0.1) is 11.3 Å². The number of nitrogens with zero attached hydrogens (tertiary/aromatic N) is 3. The van der Waals surface area contributed by atoms with Gasteiger partial charge < -0.3 is 15.5 Å². The number of pyridine rings is 1. The first kappa shape index (κ1) is 13.2. The maximum atomic E-state index is 12.6. The average molecular weight is 315 g/mol. The zero-order valence-electron chi connectivity index (χ0n) is 11.6. The molecule has 2 aliphatic heterocycles. The Morgan fingerprint density at radius 1 is 1.50 bits per heavy atom. The molecule has 2 fully saturated rings. The van der Waals surface area contributed by atoms with E-state index in [9.17, 15) is 9.59 Å². The van der Waals surface area contributed by atoms with Crippen molar-refractivity contribution in [2.45, 2.75) is 12.0 Å². The molecule has 112 valence electrons. The molecule has 7 nitrogen and oxygen atoms in total. The van der Waals surface area contributed by atoms with Gasteiger partial charge >= 0.3 is 0 Å². The van der Waals surface area contributed by atoms with E-state index in [4.69, 9.17) is 0 Å². The number of likely N-dealkylation sites (tertiary alicyclic amines) is 1. The lowest BCUT2D eigenvalue weighted by molar-refractivity contribution is -0.123. The van der Waals surface area contributed by atoms with Gasteiger partial charge in [-0.25, -0.2) is 9.97 Å². The Labute approximate surface area is 130 Å². The largest absolute Gasteiger partial charge is 0.356 e. The van der Waals surface area contributed by atoms with Crippen LogP contribution < -0.4 is 10.6 Å². The molecule has 0 saturated carbocycles. The zero-order chi connectivity index (χ0) is 15.3. The lowest BCUT2D eigenvalue weighted by atomic mass is 9.99. The molecule has 1 spiro atoms. The molecule has 2 aromatic rings. The highest BCUT2D eigenvalue weighted by Gasteiger charge is 2.50. The standard InChI is InChI=1S/C14H13N5O2S/c1-8-16-13(21)14(18-8)4-6-19(7-14)12(20)11-17-10-9(22-11)3-2-5-15-10/h2-3,5,18H,1,4,6-7H2,(H,16,21). The van der Waals surface area contributed by atoms with Gasteiger partial charge in [-0.05, 0) is 18.6 Å². The van der Waals surface area contributed by atoms with Crippen LogP contribution in [0.15, 0.2) is 30.7 Å². The maximum Gasteiger partial charge on any atom is 0.283 e. The molecule has 2 N–H and O–H groups in total. The summed E-state index contributed by atoms with van der Waals surface area (Å²) >= 11 is 1.32. The Kier molecular flexibility index (Phi) is 2.70. The third-order valence-corrected chi connectivity index (χ3v) is 4.99. The second-order valence-corrected chi connectivity index (χ2v) is 6.49. The summed E-state index contributed by atoms with van der Waals surface area (Å²) in [6.45, 7) is 4.54. The summed E-state index contributed by atoms with van der Waals surface area (Å²) < 4.78 is 0.880. The predicted octanol–water partition coefficient (Wildman–Crippen LogP) is 0.467. The molecule has 1 atom stereocenters. The highest BCUT2D eigenvalue weighted by atomic mass is 32.1. The van der Waals surface area contributed by atoms with Crippen LogP contribution in [0.2, 0.25) is 0 Å². The number of carbonyl (C=O) groups excluding carboxylic acids is 2. The van der Waals surface area contributed by atoms with Crippen molar-refractivity contribution < 1.29 is 9.59 Å². The van der Waals surface area contributed by atoms with Crippen molar-refractivity contribution in [2.24, 2.45) is 0 Å². The van der Waals surface area contributed by atoms with Gasteiger partial charge in [0.15, 0.2) is 10.7 Å². The molecule has 2 aliphatic rings. The highest BCUT2D eigenvalue weighted by Crippen LogP contribution is 2.29. The summed E-state index contributed by atoms with van der Waals surface area (Å²) in [5.74, 6) is 0.203. The minimum absolute atomic E-state index is 0.126. The van der Waals surface area contributed by atoms with Gasteiger partial charge in [0.25, 0.3) is 11.8 Å². The summed E-state index contributed by atoms with van der Waals surface area (Å²) in [6, 6.07) is 3.70. The number of nitrogens with one attached hydrogen (secondary N) is 2. The minimum atomic E-state index is -0.748. The van der Waals surface area contributed by atoms with Gasteiger partial charge in [-0.3, -0.25) is 9.59 Å². The second-order valence-electron chi connectivity index (χ2n) is 5.46. The van der Waals surface area contributed by atoms with Crippen LogP contribution in [0, 0.1) is 0 Å². The van der Waals surface area contributed by atoms with Crippen LogP contribution in [0.4, 0.5) is 0 Å². The quantitative estimate of drug-likeness (QED) is 0.798. The summed E-state index contributed by atoms with van der Waals surface area (Å²) in [7, 11) is 0. The van der Waals surface area contributed by atoms with E-state index in [0.717, 1.165) is 4.70 Å². The van der Waals surface area contributed by atoms with Crippen LogP contribution in [0.5, 0.6) is 0 Å². The SMILES string of the molecule is C=C1NC(=O)C2(CCN(C(=O)c3nc4ncccc4s3)C2)N1. The molecule has 0 bridgehead atoms. The first-order chi connectivity index (χ1) is 10.6. The summed E-state index contributed by atoms with van der Waals surface area (Å²) in [4.78, 5) is 34.8. The van der Waals surface area contributed by atoms with E-state index in [2.05, 4.69) is 27.2 Å². The topological polar surface area (TPSA) is 87.2 Å². The van der Waals surface area contributed by atoms with Crippen LogP contribution in [0.3, 0.4) is 0 Å². The first-order valence-electron chi connectivity index (χ1n) is 6.87. The van der Waals surface area contributed by atoms with Crippen molar-refractivity contribution in [3.8, 4) is 0 Å². The summed E-state index contributed by atoms with van der Waals surface area (Å²) in [6.07, 6.45) is 2.21. The monoisotopic (exact) mass is 315 g/mol. The van der Waals surface area contributed by atoms with Gasteiger partial charge in [0.1, 0.15) is 5.54 Å². The Morgan fingerprint density at radius 3 is 3.09 bits per heavy atom. The molecule has 2 amide bonds. The van der Waals surface area contributed by atoms with Crippen LogP contribution >= 0.6 is 11.3 Å². The average Bonchev–Trinajstić information content (AvgIpc) is 3.16. The van der Waals surface area contributed by atoms with E-state index < -0.39 is 5.54 Å². The van der Waals surface area contributed by atoms with Crippen LogP contribution in [-0.2, 0) is 4.79 Å². The van der Waals surface area contributed by atoms with Crippen molar-refractivity contribution >= 4 is 33.5 Å². The third kappa shape index (κ3) is 1.87. The minimum Gasteiger partial charge on any atom is -0.356 e. The van der Waals surface area contributed by atoms with Gasteiger partial charge in [0, 0.05) is 12.7 Å².